The minimum atomic E-state index is -3.54. The Morgan fingerprint density at radius 3 is 2.38 bits per heavy atom. The van der Waals surface area contributed by atoms with Crippen LogP contribution in [0.1, 0.15) is 12.5 Å². The zero-order chi connectivity index (χ0) is 18.6. The highest BCUT2D eigenvalue weighted by Crippen LogP contribution is 2.20. The molecule has 0 spiro atoms. The topological polar surface area (TPSA) is 69.7 Å². The molecule has 2 heterocycles. The largest absolute Gasteiger partial charge is 0.340 e. The number of benzene rings is 1. The van der Waals surface area contributed by atoms with Crippen molar-refractivity contribution in [3.8, 4) is 0 Å². The predicted octanol–water partition coefficient (Wildman–Crippen LogP) is 2.26. The van der Waals surface area contributed by atoms with Crippen LogP contribution < -0.4 is 4.72 Å². The fourth-order valence-electron chi connectivity index (χ4n) is 2.91. The third-order valence-electron chi connectivity index (χ3n) is 4.49. The highest BCUT2D eigenvalue weighted by atomic mass is 32.2. The van der Waals surface area contributed by atoms with Crippen molar-refractivity contribution >= 4 is 33.0 Å². The molecule has 0 atom stereocenters. The van der Waals surface area contributed by atoms with E-state index in [1.165, 1.54) is 11.3 Å². The van der Waals surface area contributed by atoms with Crippen LogP contribution in [0.5, 0.6) is 0 Å². The average molecular weight is 394 g/mol. The van der Waals surface area contributed by atoms with E-state index in [0.29, 0.717) is 12.1 Å². The number of nitrogens with zero attached hydrogens (tertiary/aromatic N) is 2. The molecule has 1 saturated heterocycles. The maximum absolute atomic E-state index is 12.4. The monoisotopic (exact) mass is 393 g/mol. The number of carbonyl (C=O) groups is 1. The minimum Gasteiger partial charge on any atom is -0.340 e. The average Bonchev–Trinajstić information content (AvgIpc) is 3.19. The summed E-state index contributed by atoms with van der Waals surface area (Å²) in [5.74, 6) is 0.118. The summed E-state index contributed by atoms with van der Waals surface area (Å²) in [6.45, 7) is 6.53. The Labute approximate surface area is 158 Å². The van der Waals surface area contributed by atoms with Gasteiger partial charge in [-0.05, 0) is 35.7 Å². The van der Waals surface area contributed by atoms with E-state index in [0.717, 1.165) is 38.3 Å². The van der Waals surface area contributed by atoms with E-state index >= 15 is 0 Å². The van der Waals surface area contributed by atoms with Gasteiger partial charge in [-0.3, -0.25) is 9.52 Å². The number of hydrogen-bond donors (Lipinski definition) is 1. The first-order chi connectivity index (χ1) is 12.5. The lowest BCUT2D eigenvalue weighted by Crippen LogP contribution is -2.48. The van der Waals surface area contributed by atoms with Crippen LogP contribution in [-0.4, -0.2) is 56.8 Å². The van der Waals surface area contributed by atoms with Crippen LogP contribution >= 0.6 is 11.3 Å². The zero-order valence-electron chi connectivity index (χ0n) is 14.7. The van der Waals surface area contributed by atoms with Crippen molar-refractivity contribution in [3.05, 3.63) is 47.3 Å². The second kappa shape index (κ2) is 8.20. The van der Waals surface area contributed by atoms with Gasteiger partial charge in [0.05, 0.1) is 6.42 Å². The molecule has 8 heteroatoms. The lowest BCUT2D eigenvalue weighted by Gasteiger charge is -2.34. The summed E-state index contributed by atoms with van der Waals surface area (Å²) in [5, 5.41) is 1.73. The summed E-state index contributed by atoms with van der Waals surface area (Å²) < 4.78 is 27.3. The number of anilines is 1. The van der Waals surface area contributed by atoms with E-state index in [2.05, 4.69) is 16.5 Å². The number of rotatable bonds is 6. The number of piperazine rings is 1. The van der Waals surface area contributed by atoms with Gasteiger partial charge in [0.1, 0.15) is 4.21 Å². The number of carbonyl (C=O) groups excluding carboxylic acids is 1. The third kappa shape index (κ3) is 4.63. The van der Waals surface area contributed by atoms with Crippen LogP contribution in [0.3, 0.4) is 0 Å². The molecule has 0 radical (unpaired) electrons. The van der Waals surface area contributed by atoms with Gasteiger partial charge in [0.15, 0.2) is 0 Å². The molecule has 1 aromatic heterocycles. The molecule has 1 amide bonds. The molecule has 0 saturated carbocycles. The highest BCUT2D eigenvalue weighted by molar-refractivity contribution is 7.94. The van der Waals surface area contributed by atoms with Crippen molar-refractivity contribution in [1.29, 1.82) is 0 Å². The van der Waals surface area contributed by atoms with Crippen molar-refractivity contribution in [3.63, 3.8) is 0 Å². The normalized spacial score (nSPS) is 15.8. The van der Waals surface area contributed by atoms with Gasteiger partial charge in [0.25, 0.3) is 10.0 Å². The summed E-state index contributed by atoms with van der Waals surface area (Å²) in [7, 11) is -3.54. The molecule has 1 fully saturated rings. The minimum absolute atomic E-state index is 0.118. The lowest BCUT2D eigenvalue weighted by atomic mass is 10.1. The van der Waals surface area contributed by atoms with E-state index in [4.69, 9.17) is 0 Å². The maximum Gasteiger partial charge on any atom is 0.271 e. The van der Waals surface area contributed by atoms with E-state index in [1.54, 1.807) is 41.8 Å². The van der Waals surface area contributed by atoms with E-state index in [-0.39, 0.29) is 10.1 Å². The molecule has 6 nitrogen and oxygen atoms in total. The summed E-state index contributed by atoms with van der Waals surface area (Å²) in [6.07, 6.45) is 0.337. The van der Waals surface area contributed by atoms with Crippen LogP contribution in [0.25, 0.3) is 0 Å². The van der Waals surface area contributed by atoms with Crippen LogP contribution in [-0.2, 0) is 21.2 Å². The van der Waals surface area contributed by atoms with Gasteiger partial charge in [-0.1, -0.05) is 25.1 Å². The summed E-state index contributed by atoms with van der Waals surface area (Å²) >= 11 is 1.17. The van der Waals surface area contributed by atoms with Crippen molar-refractivity contribution in [2.45, 2.75) is 17.6 Å². The molecular formula is C18H23N3O3S2. The maximum atomic E-state index is 12.4. The number of thiophene rings is 1. The lowest BCUT2D eigenvalue weighted by molar-refractivity contribution is -0.132. The van der Waals surface area contributed by atoms with Gasteiger partial charge in [-0.2, -0.15) is 0 Å². The number of nitrogens with one attached hydrogen (secondary N) is 1. The molecule has 140 valence electrons. The number of amides is 1. The molecule has 1 aromatic carbocycles. The van der Waals surface area contributed by atoms with Crippen molar-refractivity contribution in [1.82, 2.24) is 9.80 Å². The molecule has 3 rings (SSSR count). The summed E-state index contributed by atoms with van der Waals surface area (Å²) in [4.78, 5) is 16.7. The second-order valence-electron chi connectivity index (χ2n) is 6.23. The van der Waals surface area contributed by atoms with Gasteiger partial charge >= 0.3 is 0 Å². The Balaban J connectivity index is 1.57. The molecule has 2 aromatic rings. The standard InChI is InChI=1S/C18H23N3O3S2/c1-2-20-9-11-21(12-10-20)17(22)14-15-5-7-16(8-6-15)19-26(23,24)18-4-3-13-25-18/h3-8,13,19H,2,9-12,14H2,1H3. The molecular weight excluding hydrogens is 370 g/mol. The van der Waals surface area contributed by atoms with Crippen LogP contribution in [0, 0.1) is 0 Å². The van der Waals surface area contributed by atoms with E-state index in [9.17, 15) is 13.2 Å². The Hall–Kier alpha value is -1.90. The van der Waals surface area contributed by atoms with Gasteiger partial charge in [-0.25, -0.2) is 8.42 Å². The molecule has 26 heavy (non-hydrogen) atoms. The fourth-order valence-corrected chi connectivity index (χ4v) is 4.96. The highest BCUT2D eigenvalue weighted by Gasteiger charge is 2.20. The Morgan fingerprint density at radius 1 is 1.12 bits per heavy atom. The van der Waals surface area contributed by atoms with Crippen LogP contribution in [0.2, 0.25) is 0 Å². The predicted molar refractivity (Wildman–Crippen MR) is 104 cm³/mol. The smallest absolute Gasteiger partial charge is 0.271 e. The van der Waals surface area contributed by atoms with E-state index in [1.807, 2.05) is 4.90 Å². The quantitative estimate of drug-likeness (QED) is 0.817. The molecule has 1 N–H and O–H groups in total. The van der Waals surface area contributed by atoms with Crippen molar-refractivity contribution in [2.75, 3.05) is 37.4 Å². The molecule has 0 aliphatic carbocycles. The SMILES string of the molecule is CCN1CCN(C(=O)Cc2ccc(NS(=O)(=O)c3cccs3)cc2)CC1. The second-order valence-corrected chi connectivity index (χ2v) is 9.08. The van der Waals surface area contributed by atoms with Crippen LogP contribution in [0.15, 0.2) is 46.0 Å². The molecule has 1 aliphatic heterocycles. The first-order valence-corrected chi connectivity index (χ1v) is 11.0. The number of likely N-dealkylation sites (N-methyl/N-ethyl adjacent to an activating group) is 1. The first-order valence-electron chi connectivity index (χ1n) is 8.63. The number of hydrogen-bond acceptors (Lipinski definition) is 5. The summed E-state index contributed by atoms with van der Waals surface area (Å²) in [6, 6.07) is 10.3. The Bertz CT molecular complexity index is 825. The number of sulfonamides is 1. The molecule has 1 aliphatic rings. The Morgan fingerprint density at radius 2 is 1.81 bits per heavy atom. The van der Waals surface area contributed by atoms with Gasteiger partial charge in [0.2, 0.25) is 5.91 Å². The van der Waals surface area contributed by atoms with Gasteiger partial charge in [0, 0.05) is 31.9 Å². The first kappa shape index (κ1) is 18.9. The van der Waals surface area contributed by atoms with Crippen molar-refractivity contribution in [2.24, 2.45) is 0 Å². The zero-order valence-corrected chi connectivity index (χ0v) is 16.4. The fraction of sp³-hybridized carbons (Fsp3) is 0.389. The van der Waals surface area contributed by atoms with Crippen LogP contribution in [0.4, 0.5) is 5.69 Å². The molecule has 0 unspecified atom stereocenters. The summed E-state index contributed by atoms with van der Waals surface area (Å²) in [5.41, 5.74) is 1.37. The van der Waals surface area contributed by atoms with Gasteiger partial charge < -0.3 is 9.80 Å². The molecule has 0 bridgehead atoms. The third-order valence-corrected chi connectivity index (χ3v) is 7.27. The van der Waals surface area contributed by atoms with Crippen molar-refractivity contribution < 1.29 is 13.2 Å². The van der Waals surface area contributed by atoms with Gasteiger partial charge in [-0.15, -0.1) is 11.3 Å². The Kier molecular flexibility index (Phi) is 5.95. The van der Waals surface area contributed by atoms with E-state index < -0.39 is 10.0 Å².